The van der Waals surface area contributed by atoms with Crippen molar-refractivity contribution < 1.29 is 9.94 Å². The zero-order chi connectivity index (χ0) is 13.5. The van der Waals surface area contributed by atoms with Crippen LogP contribution in [0.15, 0.2) is 6.08 Å². The summed E-state index contributed by atoms with van der Waals surface area (Å²) in [6.07, 6.45) is 7.65. The third-order valence-electron chi connectivity index (χ3n) is 3.13. The van der Waals surface area contributed by atoms with Gasteiger partial charge in [0.1, 0.15) is 5.69 Å². The lowest BCUT2D eigenvalue weighted by molar-refractivity contribution is -0.0792. The summed E-state index contributed by atoms with van der Waals surface area (Å²) >= 11 is 1.16. The quantitative estimate of drug-likeness (QED) is 0.780. The van der Waals surface area contributed by atoms with E-state index in [0.717, 1.165) is 35.8 Å². The SMILES string of the molecule is CCCCCCOc1nsnc1C1=CCCN(O)C1. The average molecular weight is 283 g/mol. The lowest BCUT2D eigenvalue weighted by Crippen LogP contribution is -2.25. The van der Waals surface area contributed by atoms with Crippen molar-refractivity contribution in [2.75, 3.05) is 19.7 Å². The van der Waals surface area contributed by atoms with Crippen LogP contribution in [-0.2, 0) is 0 Å². The molecule has 0 amide bonds. The van der Waals surface area contributed by atoms with E-state index in [1.54, 1.807) is 0 Å². The van der Waals surface area contributed by atoms with Gasteiger partial charge in [-0.2, -0.15) is 9.44 Å². The van der Waals surface area contributed by atoms with E-state index >= 15 is 0 Å². The first kappa shape index (κ1) is 14.4. The zero-order valence-electron chi connectivity index (χ0n) is 11.3. The maximum atomic E-state index is 9.55. The molecule has 0 aromatic carbocycles. The molecular weight excluding hydrogens is 262 g/mol. The van der Waals surface area contributed by atoms with Gasteiger partial charge in [0.15, 0.2) is 0 Å². The normalized spacial score (nSPS) is 16.4. The fraction of sp³-hybridized carbons (Fsp3) is 0.692. The minimum atomic E-state index is 0.498. The number of unbranched alkanes of at least 4 members (excludes halogenated alkanes) is 3. The van der Waals surface area contributed by atoms with Gasteiger partial charge in [0.05, 0.1) is 24.9 Å². The Kier molecular flexibility index (Phi) is 5.75. The highest BCUT2D eigenvalue weighted by Crippen LogP contribution is 2.26. The van der Waals surface area contributed by atoms with Crippen molar-refractivity contribution in [2.24, 2.45) is 0 Å². The predicted octanol–water partition coefficient (Wildman–Crippen LogP) is 2.98. The summed E-state index contributed by atoms with van der Waals surface area (Å²) in [6.45, 7) is 4.06. The van der Waals surface area contributed by atoms with Gasteiger partial charge in [0.25, 0.3) is 5.88 Å². The largest absolute Gasteiger partial charge is 0.475 e. The van der Waals surface area contributed by atoms with Gasteiger partial charge < -0.3 is 9.94 Å². The van der Waals surface area contributed by atoms with Crippen LogP contribution in [0.3, 0.4) is 0 Å². The fourth-order valence-electron chi connectivity index (χ4n) is 2.07. The van der Waals surface area contributed by atoms with Gasteiger partial charge in [-0.3, -0.25) is 0 Å². The third kappa shape index (κ3) is 4.26. The highest BCUT2D eigenvalue weighted by molar-refractivity contribution is 6.99. The topological polar surface area (TPSA) is 58.5 Å². The maximum Gasteiger partial charge on any atom is 0.253 e. The zero-order valence-corrected chi connectivity index (χ0v) is 12.2. The maximum absolute atomic E-state index is 9.55. The third-order valence-corrected chi connectivity index (χ3v) is 3.64. The molecule has 2 rings (SSSR count). The molecule has 0 radical (unpaired) electrons. The van der Waals surface area contributed by atoms with E-state index in [2.05, 4.69) is 21.7 Å². The number of rotatable bonds is 7. The molecule has 1 aliphatic rings. The van der Waals surface area contributed by atoms with Crippen LogP contribution in [0.2, 0.25) is 0 Å². The van der Waals surface area contributed by atoms with Gasteiger partial charge in [0.2, 0.25) is 0 Å². The van der Waals surface area contributed by atoms with Crippen LogP contribution in [0.25, 0.3) is 5.57 Å². The molecule has 0 aliphatic carbocycles. The molecule has 106 valence electrons. The molecule has 0 spiro atoms. The summed E-state index contributed by atoms with van der Waals surface area (Å²) in [5.74, 6) is 0.614. The van der Waals surface area contributed by atoms with Crippen molar-refractivity contribution in [3.63, 3.8) is 0 Å². The molecule has 1 aromatic rings. The second kappa shape index (κ2) is 7.57. The summed E-state index contributed by atoms with van der Waals surface area (Å²) in [6, 6.07) is 0. The van der Waals surface area contributed by atoms with Gasteiger partial charge in [0, 0.05) is 6.54 Å². The average Bonchev–Trinajstić information content (AvgIpc) is 2.87. The lowest BCUT2D eigenvalue weighted by atomic mass is 10.1. The molecule has 1 aliphatic heterocycles. The van der Waals surface area contributed by atoms with Crippen LogP contribution in [0, 0.1) is 0 Å². The molecule has 0 bridgehead atoms. The molecule has 0 saturated heterocycles. The van der Waals surface area contributed by atoms with Crippen LogP contribution in [0.5, 0.6) is 5.88 Å². The van der Waals surface area contributed by atoms with Crippen molar-refractivity contribution in [2.45, 2.75) is 39.0 Å². The molecule has 19 heavy (non-hydrogen) atoms. The van der Waals surface area contributed by atoms with Crippen LogP contribution >= 0.6 is 11.7 Å². The highest BCUT2D eigenvalue weighted by atomic mass is 32.1. The number of aromatic nitrogens is 2. The van der Waals surface area contributed by atoms with Crippen LogP contribution in [0.4, 0.5) is 0 Å². The van der Waals surface area contributed by atoms with Crippen molar-refractivity contribution >= 4 is 17.3 Å². The van der Waals surface area contributed by atoms with Gasteiger partial charge in [-0.15, -0.1) is 4.37 Å². The van der Waals surface area contributed by atoms with E-state index in [9.17, 15) is 5.21 Å². The molecular formula is C13H21N3O2S. The van der Waals surface area contributed by atoms with Crippen molar-refractivity contribution in [1.29, 1.82) is 0 Å². The molecule has 0 saturated carbocycles. The second-order valence-electron chi connectivity index (χ2n) is 4.73. The lowest BCUT2D eigenvalue weighted by Gasteiger charge is -2.20. The first-order chi connectivity index (χ1) is 9.31. The van der Waals surface area contributed by atoms with E-state index < -0.39 is 0 Å². The van der Waals surface area contributed by atoms with Crippen molar-refractivity contribution in [3.8, 4) is 5.88 Å². The first-order valence-corrected chi connectivity index (χ1v) is 7.63. The Morgan fingerprint density at radius 1 is 1.37 bits per heavy atom. The van der Waals surface area contributed by atoms with Crippen LogP contribution < -0.4 is 4.74 Å². The van der Waals surface area contributed by atoms with E-state index in [0.29, 0.717) is 25.6 Å². The number of hydrogen-bond acceptors (Lipinski definition) is 6. The summed E-state index contributed by atoms with van der Waals surface area (Å²) in [5.41, 5.74) is 1.80. The second-order valence-corrected chi connectivity index (χ2v) is 5.26. The summed E-state index contributed by atoms with van der Waals surface area (Å²) in [4.78, 5) is 0. The first-order valence-electron chi connectivity index (χ1n) is 6.90. The summed E-state index contributed by atoms with van der Waals surface area (Å²) < 4.78 is 14.2. The Bertz CT molecular complexity index is 420. The Morgan fingerprint density at radius 3 is 3.05 bits per heavy atom. The highest BCUT2D eigenvalue weighted by Gasteiger charge is 2.19. The molecule has 0 fully saturated rings. The molecule has 0 atom stereocenters. The van der Waals surface area contributed by atoms with Gasteiger partial charge in [-0.1, -0.05) is 32.3 Å². The Morgan fingerprint density at radius 2 is 2.26 bits per heavy atom. The molecule has 0 unspecified atom stereocenters. The smallest absolute Gasteiger partial charge is 0.253 e. The number of hydroxylamine groups is 2. The van der Waals surface area contributed by atoms with E-state index in [1.165, 1.54) is 24.3 Å². The Hall–Kier alpha value is -0.980. The van der Waals surface area contributed by atoms with E-state index in [4.69, 9.17) is 4.74 Å². The van der Waals surface area contributed by atoms with Crippen LogP contribution in [0.1, 0.15) is 44.7 Å². The molecule has 6 heteroatoms. The van der Waals surface area contributed by atoms with E-state index in [1.807, 2.05) is 0 Å². The Labute approximate surface area is 118 Å². The van der Waals surface area contributed by atoms with Crippen molar-refractivity contribution in [1.82, 2.24) is 13.8 Å². The number of nitrogens with zero attached hydrogens (tertiary/aromatic N) is 3. The van der Waals surface area contributed by atoms with E-state index in [-0.39, 0.29) is 0 Å². The fourth-order valence-corrected chi connectivity index (χ4v) is 2.60. The van der Waals surface area contributed by atoms with Gasteiger partial charge in [-0.25, -0.2) is 0 Å². The molecule has 1 aromatic heterocycles. The molecule has 1 N–H and O–H groups in total. The van der Waals surface area contributed by atoms with Crippen LogP contribution in [-0.4, -0.2) is 38.7 Å². The standard InChI is InChI=1S/C13H21N3O2S/c1-2-3-4-5-9-18-13-12(14-19-15-13)11-7-6-8-16(17)10-11/h7,17H,2-6,8-10H2,1H3. The van der Waals surface area contributed by atoms with Crippen molar-refractivity contribution in [3.05, 3.63) is 11.8 Å². The summed E-state index contributed by atoms with van der Waals surface area (Å²) in [5, 5.41) is 10.9. The number of hydrogen-bond donors (Lipinski definition) is 1. The predicted molar refractivity (Wildman–Crippen MR) is 75.5 cm³/mol. The number of ether oxygens (including phenoxy) is 1. The monoisotopic (exact) mass is 283 g/mol. The summed E-state index contributed by atoms with van der Waals surface area (Å²) in [7, 11) is 0. The molecule has 2 heterocycles. The Balaban J connectivity index is 1.88. The van der Waals surface area contributed by atoms with Gasteiger partial charge >= 0.3 is 0 Å². The molecule has 5 nitrogen and oxygen atoms in total. The minimum Gasteiger partial charge on any atom is -0.475 e. The van der Waals surface area contributed by atoms with Gasteiger partial charge in [-0.05, 0) is 18.4 Å². The minimum absolute atomic E-state index is 0.498.